The predicted molar refractivity (Wildman–Crippen MR) is 77.2 cm³/mol. The van der Waals surface area contributed by atoms with E-state index in [1.165, 1.54) is 36.8 Å². The summed E-state index contributed by atoms with van der Waals surface area (Å²) in [6, 6.07) is 9.10. The molecule has 0 fully saturated rings. The molecule has 0 saturated carbocycles. The molecular formula is C16H24N2. The van der Waals surface area contributed by atoms with Crippen LogP contribution in [0.3, 0.4) is 0 Å². The second-order valence-corrected chi connectivity index (χ2v) is 5.37. The van der Waals surface area contributed by atoms with Gasteiger partial charge in [-0.15, -0.1) is 0 Å². The summed E-state index contributed by atoms with van der Waals surface area (Å²) in [4.78, 5) is 0. The maximum atomic E-state index is 5.69. The zero-order chi connectivity index (χ0) is 12.8. The van der Waals surface area contributed by atoms with Gasteiger partial charge < -0.3 is 0 Å². The van der Waals surface area contributed by atoms with E-state index in [1.807, 2.05) is 0 Å². The fourth-order valence-corrected chi connectivity index (χ4v) is 2.61. The van der Waals surface area contributed by atoms with Crippen molar-refractivity contribution < 1.29 is 0 Å². The third kappa shape index (κ3) is 3.97. The minimum absolute atomic E-state index is 0.358. The maximum Gasteiger partial charge on any atom is 0.0288 e. The minimum Gasteiger partial charge on any atom is -0.271 e. The van der Waals surface area contributed by atoms with Crippen molar-refractivity contribution in [1.29, 1.82) is 0 Å². The zero-order valence-corrected chi connectivity index (χ0v) is 11.3. The van der Waals surface area contributed by atoms with E-state index in [4.69, 9.17) is 5.84 Å². The van der Waals surface area contributed by atoms with Crippen LogP contribution in [0, 0.1) is 6.92 Å². The molecule has 1 aliphatic rings. The highest BCUT2D eigenvalue weighted by Gasteiger charge is 2.12. The van der Waals surface area contributed by atoms with Crippen molar-refractivity contribution in [2.75, 3.05) is 0 Å². The van der Waals surface area contributed by atoms with Crippen LogP contribution < -0.4 is 11.3 Å². The molecule has 0 radical (unpaired) electrons. The number of benzene rings is 1. The summed E-state index contributed by atoms with van der Waals surface area (Å²) in [7, 11) is 0. The molecule has 98 valence electrons. The molecule has 1 atom stereocenters. The normalized spacial score (nSPS) is 17.3. The van der Waals surface area contributed by atoms with Crippen molar-refractivity contribution in [1.82, 2.24) is 5.43 Å². The van der Waals surface area contributed by atoms with Crippen LogP contribution in [0.4, 0.5) is 0 Å². The lowest BCUT2D eigenvalue weighted by atomic mass is 9.92. The van der Waals surface area contributed by atoms with Crippen LogP contribution in [-0.2, 0) is 6.42 Å². The largest absolute Gasteiger partial charge is 0.271 e. The summed E-state index contributed by atoms with van der Waals surface area (Å²) < 4.78 is 0. The van der Waals surface area contributed by atoms with E-state index in [0.29, 0.717) is 6.04 Å². The predicted octanol–water partition coefficient (Wildman–Crippen LogP) is 3.26. The van der Waals surface area contributed by atoms with Gasteiger partial charge >= 0.3 is 0 Å². The Morgan fingerprint density at radius 1 is 1.17 bits per heavy atom. The Bertz CT molecular complexity index is 392. The number of nitrogens with two attached hydrogens (primary N) is 1. The number of aryl methyl sites for hydroxylation is 1. The lowest BCUT2D eigenvalue weighted by Crippen LogP contribution is -2.37. The Kier molecular flexibility index (Phi) is 4.97. The van der Waals surface area contributed by atoms with Crippen molar-refractivity contribution in [2.45, 2.75) is 51.5 Å². The molecule has 1 aromatic carbocycles. The van der Waals surface area contributed by atoms with Gasteiger partial charge in [-0.05, 0) is 51.0 Å². The van der Waals surface area contributed by atoms with Gasteiger partial charge in [-0.3, -0.25) is 11.3 Å². The zero-order valence-electron chi connectivity index (χ0n) is 11.3. The Morgan fingerprint density at radius 3 is 2.56 bits per heavy atom. The number of hydrogen-bond donors (Lipinski definition) is 2. The number of nitrogens with one attached hydrogen (secondary N) is 1. The summed E-state index contributed by atoms with van der Waals surface area (Å²) in [5, 5.41) is 0. The average Bonchev–Trinajstić information content (AvgIpc) is 2.41. The van der Waals surface area contributed by atoms with Crippen LogP contribution in [0.25, 0.3) is 0 Å². The van der Waals surface area contributed by atoms with Crippen molar-refractivity contribution in [3.8, 4) is 0 Å². The number of hydrazine groups is 1. The quantitative estimate of drug-likeness (QED) is 0.474. The lowest BCUT2D eigenvalue weighted by Gasteiger charge is -2.20. The van der Waals surface area contributed by atoms with Crippen LogP contribution in [0.5, 0.6) is 0 Å². The Morgan fingerprint density at radius 2 is 1.94 bits per heavy atom. The van der Waals surface area contributed by atoms with E-state index in [0.717, 1.165) is 12.8 Å². The third-order valence-electron chi connectivity index (χ3n) is 3.73. The van der Waals surface area contributed by atoms with Crippen LogP contribution in [0.1, 0.15) is 43.2 Å². The highest BCUT2D eigenvalue weighted by atomic mass is 15.2. The van der Waals surface area contributed by atoms with Gasteiger partial charge in [0, 0.05) is 6.04 Å². The van der Waals surface area contributed by atoms with E-state index in [1.54, 1.807) is 5.57 Å². The first-order valence-corrected chi connectivity index (χ1v) is 6.97. The molecule has 1 unspecified atom stereocenters. The van der Waals surface area contributed by atoms with Gasteiger partial charge in [0.2, 0.25) is 0 Å². The summed E-state index contributed by atoms with van der Waals surface area (Å²) in [5.74, 6) is 5.69. The van der Waals surface area contributed by atoms with Gasteiger partial charge in [-0.2, -0.15) is 0 Å². The summed E-state index contributed by atoms with van der Waals surface area (Å²) in [6.07, 6.45) is 9.69. The molecule has 1 aliphatic carbocycles. The molecule has 0 heterocycles. The van der Waals surface area contributed by atoms with E-state index in [2.05, 4.69) is 42.7 Å². The van der Waals surface area contributed by atoms with E-state index < -0.39 is 0 Å². The second kappa shape index (κ2) is 6.72. The summed E-state index contributed by atoms with van der Waals surface area (Å²) in [5.41, 5.74) is 7.22. The van der Waals surface area contributed by atoms with E-state index in [9.17, 15) is 0 Å². The van der Waals surface area contributed by atoms with Crippen molar-refractivity contribution in [3.63, 3.8) is 0 Å². The van der Waals surface area contributed by atoms with E-state index >= 15 is 0 Å². The van der Waals surface area contributed by atoms with Gasteiger partial charge in [0.05, 0.1) is 0 Å². The molecule has 0 amide bonds. The molecule has 0 aliphatic heterocycles. The Hall–Kier alpha value is -1.12. The van der Waals surface area contributed by atoms with Crippen molar-refractivity contribution in [2.24, 2.45) is 5.84 Å². The third-order valence-corrected chi connectivity index (χ3v) is 3.73. The summed E-state index contributed by atoms with van der Waals surface area (Å²) in [6.45, 7) is 2.12. The molecule has 2 heteroatoms. The van der Waals surface area contributed by atoms with Crippen LogP contribution in [-0.4, -0.2) is 6.04 Å². The standard InChI is InChI=1S/C16H24N2/c1-13-7-9-15(10-8-13)12-16(18-17)11-14-5-3-2-4-6-14/h5,7-10,16,18H,2-4,6,11-12,17H2,1H3. The van der Waals surface area contributed by atoms with Crippen LogP contribution >= 0.6 is 0 Å². The number of rotatable bonds is 5. The summed E-state index contributed by atoms with van der Waals surface area (Å²) >= 11 is 0. The molecule has 2 rings (SSSR count). The molecular weight excluding hydrogens is 220 g/mol. The fraction of sp³-hybridized carbons (Fsp3) is 0.500. The molecule has 0 saturated heterocycles. The molecule has 2 nitrogen and oxygen atoms in total. The second-order valence-electron chi connectivity index (χ2n) is 5.37. The molecule has 0 bridgehead atoms. The SMILES string of the molecule is Cc1ccc(CC(CC2=CCCCC2)NN)cc1. The molecule has 0 spiro atoms. The van der Waals surface area contributed by atoms with E-state index in [-0.39, 0.29) is 0 Å². The minimum atomic E-state index is 0.358. The number of hydrogen-bond acceptors (Lipinski definition) is 2. The topological polar surface area (TPSA) is 38.0 Å². The highest BCUT2D eigenvalue weighted by molar-refractivity contribution is 5.22. The highest BCUT2D eigenvalue weighted by Crippen LogP contribution is 2.22. The van der Waals surface area contributed by atoms with Gasteiger partial charge in [-0.25, -0.2) is 0 Å². The monoisotopic (exact) mass is 244 g/mol. The fourth-order valence-electron chi connectivity index (χ4n) is 2.61. The van der Waals surface area contributed by atoms with Gasteiger partial charge in [0.15, 0.2) is 0 Å². The van der Waals surface area contributed by atoms with Crippen molar-refractivity contribution >= 4 is 0 Å². The Labute approximate surface area is 110 Å². The number of allylic oxidation sites excluding steroid dienone is 1. The molecule has 0 aromatic heterocycles. The van der Waals surface area contributed by atoms with Crippen LogP contribution in [0.2, 0.25) is 0 Å². The van der Waals surface area contributed by atoms with Crippen LogP contribution in [0.15, 0.2) is 35.9 Å². The smallest absolute Gasteiger partial charge is 0.0288 e. The van der Waals surface area contributed by atoms with Gasteiger partial charge in [-0.1, -0.05) is 41.5 Å². The van der Waals surface area contributed by atoms with Gasteiger partial charge in [0.25, 0.3) is 0 Å². The molecule has 3 N–H and O–H groups in total. The average molecular weight is 244 g/mol. The molecule has 18 heavy (non-hydrogen) atoms. The maximum absolute atomic E-state index is 5.69. The first-order valence-electron chi connectivity index (χ1n) is 6.97. The Balaban J connectivity index is 1.92. The van der Waals surface area contributed by atoms with Gasteiger partial charge in [0.1, 0.15) is 0 Å². The molecule has 1 aromatic rings. The lowest BCUT2D eigenvalue weighted by molar-refractivity contribution is 0.504. The first kappa shape index (κ1) is 13.3. The first-order chi connectivity index (χ1) is 8.78. The van der Waals surface area contributed by atoms with Crippen molar-refractivity contribution in [3.05, 3.63) is 47.0 Å².